The quantitative estimate of drug-likeness (QED) is 0.710. The third-order valence-electron chi connectivity index (χ3n) is 3.37. The highest BCUT2D eigenvalue weighted by atomic mass is 14.9. The van der Waals surface area contributed by atoms with Crippen LogP contribution in [-0.4, -0.2) is 6.54 Å². The number of rotatable bonds is 6. The molecule has 1 nitrogen and oxygen atoms in total. The second-order valence-electron chi connectivity index (χ2n) is 6.54. The molecule has 0 fully saturated rings. The number of benzene rings is 1. The third-order valence-corrected chi connectivity index (χ3v) is 3.37. The summed E-state index contributed by atoms with van der Waals surface area (Å²) in [6, 6.07) is 9.43. The second kappa shape index (κ2) is 6.91. The van der Waals surface area contributed by atoms with Crippen LogP contribution in [0.1, 0.15) is 64.6 Å². The Kier molecular flexibility index (Phi) is 5.81. The van der Waals surface area contributed by atoms with E-state index in [1.54, 1.807) is 0 Å². The summed E-state index contributed by atoms with van der Waals surface area (Å²) >= 11 is 0. The molecule has 1 N–H and O–H groups in total. The zero-order chi connectivity index (χ0) is 14.5. The highest BCUT2D eigenvalue weighted by Gasteiger charge is 2.15. The molecule has 0 spiro atoms. The van der Waals surface area contributed by atoms with Crippen LogP contribution in [0.3, 0.4) is 0 Å². The van der Waals surface area contributed by atoms with E-state index in [1.807, 2.05) is 0 Å². The third kappa shape index (κ3) is 5.20. The Hall–Kier alpha value is -1.08. The van der Waals surface area contributed by atoms with E-state index in [4.69, 9.17) is 0 Å². The van der Waals surface area contributed by atoms with Gasteiger partial charge >= 0.3 is 0 Å². The largest absolute Gasteiger partial charge is 0.310 e. The maximum absolute atomic E-state index is 4.05. The van der Waals surface area contributed by atoms with Crippen LogP contribution in [0.15, 0.2) is 36.4 Å². The van der Waals surface area contributed by atoms with E-state index in [9.17, 15) is 0 Å². The van der Waals surface area contributed by atoms with Gasteiger partial charge in [0.05, 0.1) is 0 Å². The number of hydrogen-bond acceptors (Lipinski definition) is 1. The molecule has 0 heterocycles. The van der Waals surface area contributed by atoms with E-state index in [0.29, 0.717) is 6.04 Å². The van der Waals surface area contributed by atoms with Gasteiger partial charge in [-0.15, -0.1) is 6.58 Å². The zero-order valence-electron chi connectivity index (χ0n) is 13.2. The molecule has 1 aromatic rings. The Balaban J connectivity index is 2.87. The van der Waals surface area contributed by atoms with Gasteiger partial charge in [0.2, 0.25) is 0 Å². The lowest BCUT2D eigenvalue weighted by atomic mass is 9.86. The van der Waals surface area contributed by atoms with E-state index < -0.39 is 0 Å². The minimum Gasteiger partial charge on any atom is -0.310 e. The van der Waals surface area contributed by atoms with Crippen molar-refractivity contribution in [2.45, 2.75) is 58.9 Å². The molecular weight excluding hydrogens is 230 g/mol. The van der Waals surface area contributed by atoms with Crippen LogP contribution in [0.25, 0.3) is 0 Å². The van der Waals surface area contributed by atoms with Gasteiger partial charge in [0.15, 0.2) is 0 Å². The molecular formula is C18H29N. The maximum Gasteiger partial charge on any atom is 0.0357 e. The molecule has 1 rings (SSSR count). The minimum atomic E-state index is 0.221. The molecule has 0 aliphatic heterocycles. The smallest absolute Gasteiger partial charge is 0.0357 e. The van der Waals surface area contributed by atoms with Crippen molar-refractivity contribution in [1.82, 2.24) is 5.32 Å². The Morgan fingerprint density at radius 1 is 1.21 bits per heavy atom. The summed E-state index contributed by atoms with van der Waals surface area (Å²) in [6.07, 6.45) is 2.17. The van der Waals surface area contributed by atoms with Gasteiger partial charge in [-0.05, 0) is 42.9 Å². The summed E-state index contributed by atoms with van der Waals surface area (Å²) in [5.41, 5.74) is 4.21. The lowest BCUT2D eigenvalue weighted by Crippen LogP contribution is -2.22. The summed E-state index contributed by atoms with van der Waals surface area (Å²) in [5, 5.41) is 3.61. The molecule has 19 heavy (non-hydrogen) atoms. The Bertz CT molecular complexity index is 395. The van der Waals surface area contributed by atoms with Crippen LogP contribution in [-0.2, 0) is 5.41 Å². The van der Waals surface area contributed by atoms with Crippen LogP contribution in [0.5, 0.6) is 0 Å². The summed E-state index contributed by atoms with van der Waals surface area (Å²) in [6.45, 7) is 16.2. The van der Waals surface area contributed by atoms with Crippen molar-refractivity contribution >= 4 is 0 Å². The van der Waals surface area contributed by atoms with Crippen molar-refractivity contribution in [1.29, 1.82) is 0 Å². The van der Waals surface area contributed by atoms with E-state index in [0.717, 1.165) is 19.4 Å². The van der Waals surface area contributed by atoms with Gasteiger partial charge < -0.3 is 5.32 Å². The summed E-state index contributed by atoms with van der Waals surface area (Å²) in [4.78, 5) is 0. The fourth-order valence-electron chi connectivity index (χ4n) is 2.19. The standard InChI is InChI=1S/C18H29N/c1-7-12-19-17(13-14(2)3)15-8-10-16(11-9-15)18(4,5)6/h8-11,17,19H,2,7,12-13H2,1,3-6H3. The van der Waals surface area contributed by atoms with E-state index in [1.165, 1.54) is 16.7 Å². The number of nitrogens with one attached hydrogen (secondary N) is 1. The predicted octanol–water partition coefficient (Wildman–Crippen LogP) is 4.99. The van der Waals surface area contributed by atoms with Crippen LogP contribution >= 0.6 is 0 Å². The van der Waals surface area contributed by atoms with E-state index in [2.05, 4.69) is 70.8 Å². The molecule has 0 radical (unpaired) electrons. The lowest BCUT2D eigenvalue weighted by Gasteiger charge is -2.22. The first kappa shape index (κ1) is 16.0. The number of hydrogen-bond donors (Lipinski definition) is 1. The van der Waals surface area contributed by atoms with E-state index >= 15 is 0 Å². The zero-order valence-corrected chi connectivity index (χ0v) is 13.2. The molecule has 0 saturated heterocycles. The SMILES string of the molecule is C=C(C)CC(NCCC)c1ccc(C(C)(C)C)cc1. The molecule has 0 aliphatic rings. The topological polar surface area (TPSA) is 12.0 Å². The van der Waals surface area contributed by atoms with Gasteiger partial charge in [-0.25, -0.2) is 0 Å². The Morgan fingerprint density at radius 2 is 1.79 bits per heavy atom. The van der Waals surface area contributed by atoms with Crippen LogP contribution < -0.4 is 5.32 Å². The van der Waals surface area contributed by atoms with Gasteiger partial charge in [0.25, 0.3) is 0 Å². The minimum absolute atomic E-state index is 0.221. The summed E-state index contributed by atoms with van der Waals surface area (Å²) in [5.74, 6) is 0. The average molecular weight is 259 g/mol. The predicted molar refractivity (Wildman–Crippen MR) is 85.6 cm³/mol. The first-order valence-electron chi connectivity index (χ1n) is 7.32. The summed E-state index contributed by atoms with van der Waals surface area (Å²) in [7, 11) is 0. The van der Waals surface area contributed by atoms with Crippen molar-refractivity contribution in [3.63, 3.8) is 0 Å². The molecule has 0 amide bonds. The van der Waals surface area contributed by atoms with Gasteiger partial charge in [0, 0.05) is 6.04 Å². The Morgan fingerprint density at radius 3 is 2.21 bits per heavy atom. The normalized spacial score (nSPS) is 13.3. The van der Waals surface area contributed by atoms with E-state index in [-0.39, 0.29) is 5.41 Å². The van der Waals surface area contributed by atoms with Crippen LogP contribution in [0.2, 0.25) is 0 Å². The van der Waals surface area contributed by atoms with Gasteiger partial charge in [-0.3, -0.25) is 0 Å². The molecule has 1 heteroatoms. The van der Waals surface area contributed by atoms with Crippen molar-refractivity contribution in [3.8, 4) is 0 Å². The van der Waals surface area contributed by atoms with Crippen LogP contribution in [0, 0.1) is 0 Å². The fraction of sp³-hybridized carbons (Fsp3) is 0.556. The van der Waals surface area contributed by atoms with Crippen molar-refractivity contribution in [2.24, 2.45) is 0 Å². The first-order valence-corrected chi connectivity index (χ1v) is 7.32. The van der Waals surface area contributed by atoms with Crippen LogP contribution in [0.4, 0.5) is 0 Å². The molecule has 1 aromatic carbocycles. The Labute approximate surface area is 119 Å². The second-order valence-corrected chi connectivity index (χ2v) is 6.54. The van der Waals surface area contributed by atoms with Gasteiger partial charge in [-0.2, -0.15) is 0 Å². The van der Waals surface area contributed by atoms with Crippen molar-refractivity contribution < 1.29 is 0 Å². The molecule has 0 bridgehead atoms. The average Bonchev–Trinajstić information content (AvgIpc) is 2.33. The fourth-order valence-corrected chi connectivity index (χ4v) is 2.19. The molecule has 0 aromatic heterocycles. The van der Waals surface area contributed by atoms with Crippen molar-refractivity contribution in [3.05, 3.63) is 47.5 Å². The molecule has 0 saturated carbocycles. The highest BCUT2D eigenvalue weighted by Crippen LogP contribution is 2.26. The lowest BCUT2D eigenvalue weighted by molar-refractivity contribution is 0.526. The molecule has 1 atom stereocenters. The first-order chi connectivity index (χ1) is 8.84. The highest BCUT2D eigenvalue weighted by molar-refractivity contribution is 5.29. The molecule has 106 valence electrons. The molecule has 1 unspecified atom stereocenters. The molecule has 0 aliphatic carbocycles. The van der Waals surface area contributed by atoms with Gasteiger partial charge in [-0.1, -0.05) is 57.5 Å². The summed E-state index contributed by atoms with van der Waals surface area (Å²) < 4.78 is 0. The van der Waals surface area contributed by atoms with Crippen molar-refractivity contribution in [2.75, 3.05) is 6.54 Å². The monoisotopic (exact) mass is 259 g/mol. The maximum atomic E-state index is 4.05. The van der Waals surface area contributed by atoms with Gasteiger partial charge in [0.1, 0.15) is 0 Å².